The summed E-state index contributed by atoms with van der Waals surface area (Å²) in [6.45, 7) is 4.46. The van der Waals surface area contributed by atoms with Gasteiger partial charge in [-0.1, -0.05) is 42.5 Å². The van der Waals surface area contributed by atoms with Crippen molar-refractivity contribution in [3.05, 3.63) is 70.3 Å². The molecule has 0 radical (unpaired) electrons. The van der Waals surface area contributed by atoms with Gasteiger partial charge in [-0.25, -0.2) is 0 Å². The number of nitro groups is 1. The van der Waals surface area contributed by atoms with Crippen molar-refractivity contribution in [3.63, 3.8) is 0 Å². The van der Waals surface area contributed by atoms with Gasteiger partial charge in [-0.3, -0.25) is 19.7 Å². The quantitative estimate of drug-likeness (QED) is 0.413. The second-order valence-electron chi connectivity index (χ2n) is 7.73. The Morgan fingerprint density at radius 1 is 1.06 bits per heavy atom. The van der Waals surface area contributed by atoms with Crippen LogP contribution in [-0.4, -0.2) is 36.0 Å². The van der Waals surface area contributed by atoms with Gasteiger partial charge < -0.3 is 15.0 Å². The highest BCUT2D eigenvalue weighted by atomic mass is 16.6. The second-order valence-corrected chi connectivity index (χ2v) is 7.73. The normalized spacial score (nSPS) is 16.3. The molecule has 8 nitrogen and oxygen atoms in total. The van der Waals surface area contributed by atoms with E-state index in [2.05, 4.69) is 5.32 Å². The summed E-state index contributed by atoms with van der Waals surface area (Å²) in [6, 6.07) is 16.0. The van der Waals surface area contributed by atoms with Gasteiger partial charge in [-0.15, -0.1) is 0 Å². The third-order valence-electron chi connectivity index (χ3n) is 5.57. The Bertz CT molecular complexity index is 926. The summed E-state index contributed by atoms with van der Waals surface area (Å²) < 4.78 is 5.41. The predicted molar refractivity (Wildman–Crippen MR) is 117 cm³/mol. The molecule has 0 spiro atoms. The SMILES string of the molecule is CC(OC(=O)C1CCN(c2ccccc2[N+](=O)[O-])CC1)C(=O)NC(C)c1ccccc1. The lowest BCUT2D eigenvalue weighted by Crippen LogP contribution is -2.41. The van der Waals surface area contributed by atoms with E-state index in [1.54, 1.807) is 25.1 Å². The number of benzene rings is 2. The monoisotopic (exact) mass is 425 g/mol. The predicted octanol–water partition coefficient (Wildman–Crippen LogP) is 3.62. The van der Waals surface area contributed by atoms with Crippen LogP contribution in [0.3, 0.4) is 0 Å². The Labute approximate surface area is 181 Å². The zero-order chi connectivity index (χ0) is 22.4. The maximum absolute atomic E-state index is 12.6. The lowest BCUT2D eigenvalue weighted by Gasteiger charge is -2.32. The molecule has 0 aromatic heterocycles. The fourth-order valence-electron chi connectivity index (χ4n) is 3.72. The molecule has 2 aromatic rings. The van der Waals surface area contributed by atoms with E-state index in [1.807, 2.05) is 42.2 Å². The average molecular weight is 425 g/mol. The maximum Gasteiger partial charge on any atom is 0.309 e. The number of piperidine rings is 1. The molecule has 1 saturated heterocycles. The van der Waals surface area contributed by atoms with Gasteiger partial charge in [0.15, 0.2) is 6.10 Å². The Balaban J connectivity index is 1.50. The van der Waals surface area contributed by atoms with Gasteiger partial charge in [0, 0.05) is 19.2 Å². The lowest BCUT2D eigenvalue weighted by molar-refractivity contribution is -0.384. The van der Waals surface area contributed by atoms with Crippen molar-refractivity contribution in [2.45, 2.75) is 38.8 Å². The van der Waals surface area contributed by atoms with Gasteiger partial charge in [0.25, 0.3) is 11.6 Å². The number of carbonyl (C=O) groups is 2. The molecule has 2 unspecified atom stereocenters. The first-order valence-electron chi connectivity index (χ1n) is 10.4. The number of ether oxygens (including phenoxy) is 1. The zero-order valence-corrected chi connectivity index (χ0v) is 17.7. The van der Waals surface area contributed by atoms with E-state index in [0.29, 0.717) is 31.6 Å². The first-order valence-corrected chi connectivity index (χ1v) is 10.4. The number of hydrogen-bond acceptors (Lipinski definition) is 6. The Morgan fingerprint density at radius 3 is 2.32 bits per heavy atom. The molecule has 1 aliphatic rings. The molecule has 1 fully saturated rings. The van der Waals surface area contributed by atoms with Crippen LogP contribution >= 0.6 is 0 Å². The van der Waals surface area contributed by atoms with Gasteiger partial charge in [-0.05, 0) is 38.3 Å². The zero-order valence-electron chi connectivity index (χ0n) is 17.7. The molecule has 164 valence electrons. The Hall–Kier alpha value is -3.42. The van der Waals surface area contributed by atoms with Crippen LogP contribution in [0.25, 0.3) is 0 Å². The van der Waals surface area contributed by atoms with Crippen molar-refractivity contribution < 1.29 is 19.2 Å². The van der Waals surface area contributed by atoms with Gasteiger partial charge >= 0.3 is 5.97 Å². The number of carbonyl (C=O) groups excluding carboxylic acids is 2. The third kappa shape index (κ3) is 5.59. The Morgan fingerprint density at radius 2 is 1.68 bits per heavy atom. The highest BCUT2D eigenvalue weighted by Crippen LogP contribution is 2.31. The van der Waals surface area contributed by atoms with Crippen LogP contribution in [0.4, 0.5) is 11.4 Å². The molecule has 2 atom stereocenters. The van der Waals surface area contributed by atoms with Crippen molar-refractivity contribution >= 4 is 23.3 Å². The smallest absolute Gasteiger partial charge is 0.309 e. The van der Waals surface area contributed by atoms with E-state index < -0.39 is 17.0 Å². The average Bonchev–Trinajstić information content (AvgIpc) is 2.79. The van der Waals surface area contributed by atoms with Crippen LogP contribution < -0.4 is 10.2 Å². The van der Waals surface area contributed by atoms with Crippen LogP contribution in [-0.2, 0) is 14.3 Å². The van der Waals surface area contributed by atoms with E-state index in [9.17, 15) is 19.7 Å². The topological polar surface area (TPSA) is 102 Å². The summed E-state index contributed by atoms with van der Waals surface area (Å²) in [5, 5.41) is 14.1. The van der Waals surface area contributed by atoms with Crippen LogP contribution in [0.1, 0.15) is 38.3 Å². The van der Waals surface area contributed by atoms with E-state index >= 15 is 0 Å². The number of hydrogen-bond donors (Lipinski definition) is 1. The lowest BCUT2D eigenvalue weighted by atomic mass is 9.96. The number of rotatable bonds is 7. The fraction of sp³-hybridized carbons (Fsp3) is 0.391. The third-order valence-corrected chi connectivity index (χ3v) is 5.57. The number of para-hydroxylation sites is 2. The van der Waals surface area contributed by atoms with Crippen LogP contribution in [0.2, 0.25) is 0 Å². The molecule has 1 N–H and O–H groups in total. The first-order chi connectivity index (χ1) is 14.9. The summed E-state index contributed by atoms with van der Waals surface area (Å²) in [5.74, 6) is -1.08. The molecule has 1 heterocycles. The summed E-state index contributed by atoms with van der Waals surface area (Å²) >= 11 is 0. The fourth-order valence-corrected chi connectivity index (χ4v) is 3.72. The van der Waals surface area contributed by atoms with E-state index in [-0.39, 0.29) is 23.6 Å². The molecular formula is C23H27N3O5. The number of nitrogens with zero attached hydrogens (tertiary/aromatic N) is 2. The molecule has 0 aliphatic carbocycles. The summed E-state index contributed by atoms with van der Waals surface area (Å²) in [5.41, 5.74) is 1.58. The number of nitro benzene ring substituents is 1. The summed E-state index contributed by atoms with van der Waals surface area (Å²) in [7, 11) is 0. The Kier molecular flexibility index (Phi) is 7.23. The first kappa shape index (κ1) is 22.3. The second kappa shape index (κ2) is 10.1. The minimum atomic E-state index is -0.896. The molecule has 0 saturated carbocycles. The number of esters is 1. The minimum Gasteiger partial charge on any atom is -0.452 e. The summed E-state index contributed by atoms with van der Waals surface area (Å²) in [6.07, 6.45) is 0.131. The number of amides is 1. The minimum absolute atomic E-state index is 0.0568. The number of nitrogens with one attached hydrogen (secondary N) is 1. The van der Waals surface area contributed by atoms with E-state index in [0.717, 1.165) is 5.56 Å². The maximum atomic E-state index is 12.6. The van der Waals surface area contributed by atoms with E-state index in [4.69, 9.17) is 4.74 Å². The molecular weight excluding hydrogens is 398 g/mol. The van der Waals surface area contributed by atoms with Crippen molar-refractivity contribution in [3.8, 4) is 0 Å². The van der Waals surface area contributed by atoms with Crippen LogP contribution in [0, 0.1) is 16.0 Å². The van der Waals surface area contributed by atoms with Gasteiger partial charge in [0.1, 0.15) is 5.69 Å². The standard InChI is InChI=1S/C23H27N3O5/c1-16(18-8-4-3-5-9-18)24-22(27)17(2)31-23(28)19-12-14-25(15-13-19)20-10-6-7-11-21(20)26(29)30/h3-11,16-17,19H,12-15H2,1-2H3,(H,24,27). The van der Waals surface area contributed by atoms with Gasteiger partial charge in [0.2, 0.25) is 0 Å². The molecule has 1 aliphatic heterocycles. The number of anilines is 1. The van der Waals surface area contributed by atoms with Crippen LogP contribution in [0.15, 0.2) is 54.6 Å². The van der Waals surface area contributed by atoms with Crippen molar-refractivity contribution in [1.29, 1.82) is 0 Å². The van der Waals surface area contributed by atoms with E-state index in [1.165, 1.54) is 6.07 Å². The molecule has 2 aromatic carbocycles. The molecule has 1 amide bonds. The van der Waals surface area contributed by atoms with Gasteiger partial charge in [-0.2, -0.15) is 0 Å². The van der Waals surface area contributed by atoms with Crippen molar-refractivity contribution in [2.24, 2.45) is 5.92 Å². The highest BCUT2D eigenvalue weighted by Gasteiger charge is 2.31. The largest absolute Gasteiger partial charge is 0.452 e. The van der Waals surface area contributed by atoms with Crippen LogP contribution in [0.5, 0.6) is 0 Å². The van der Waals surface area contributed by atoms with Crippen molar-refractivity contribution in [1.82, 2.24) is 5.32 Å². The highest BCUT2D eigenvalue weighted by molar-refractivity contribution is 5.84. The molecule has 8 heteroatoms. The molecule has 3 rings (SSSR count). The molecule has 31 heavy (non-hydrogen) atoms. The molecule has 0 bridgehead atoms. The van der Waals surface area contributed by atoms with Gasteiger partial charge in [0.05, 0.1) is 16.9 Å². The summed E-state index contributed by atoms with van der Waals surface area (Å²) in [4.78, 5) is 37.8. The van der Waals surface area contributed by atoms with Crippen molar-refractivity contribution in [2.75, 3.05) is 18.0 Å².